The smallest absolute Gasteiger partial charge is 0.305 e. The number of aliphatic imine (C=N–C) groups is 1. The number of benzene rings is 1. The number of rotatable bonds is 19. The van der Waals surface area contributed by atoms with E-state index >= 15 is 0 Å². The highest BCUT2D eigenvalue weighted by Gasteiger charge is 2.07. The lowest BCUT2D eigenvalue weighted by molar-refractivity contribution is -0.140. The van der Waals surface area contributed by atoms with Crippen LogP contribution >= 0.6 is 0 Å². The van der Waals surface area contributed by atoms with E-state index in [1.54, 1.807) is 14.2 Å². The summed E-state index contributed by atoms with van der Waals surface area (Å²) in [6.07, 6.45) is 20.9. The number of esters is 1. The van der Waals surface area contributed by atoms with Gasteiger partial charge in [-0.25, -0.2) is 0 Å². The third kappa shape index (κ3) is 13.8. The molecule has 1 atom stereocenters. The highest BCUT2D eigenvalue weighted by atomic mass is 16.5. The fraction of sp³-hybridized carbons (Fsp3) is 0.643. The van der Waals surface area contributed by atoms with E-state index in [4.69, 9.17) is 14.5 Å². The van der Waals surface area contributed by atoms with Gasteiger partial charge in [0.05, 0.1) is 27.4 Å². The normalized spacial score (nSPS) is 12.4. The molecule has 0 bridgehead atoms. The molecule has 0 N–H and O–H groups in total. The molecular weight excluding hydrogens is 414 g/mol. The van der Waals surface area contributed by atoms with Crippen LogP contribution in [0.3, 0.4) is 0 Å². The van der Waals surface area contributed by atoms with Crippen molar-refractivity contribution in [3.8, 4) is 11.5 Å². The average molecular weight is 460 g/mol. The summed E-state index contributed by atoms with van der Waals surface area (Å²) in [5.41, 5.74) is 0.980. The molecule has 0 radical (unpaired) electrons. The second-order valence-corrected chi connectivity index (χ2v) is 8.48. The van der Waals surface area contributed by atoms with Crippen LogP contribution in [-0.4, -0.2) is 39.6 Å². The van der Waals surface area contributed by atoms with Crippen LogP contribution in [0.5, 0.6) is 11.5 Å². The van der Waals surface area contributed by atoms with Crippen LogP contribution in [0.1, 0.15) is 96.0 Å². The topological polar surface area (TPSA) is 57.1 Å². The van der Waals surface area contributed by atoms with E-state index in [0.717, 1.165) is 49.2 Å². The third-order valence-corrected chi connectivity index (χ3v) is 5.81. The van der Waals surface area contributed by atoms with Crippen molar-refractivity contribution in [2.75, 3.05) is 21.3 Å². The summed E-state index contributed by atoms with van der Waals surface area (Å²) in [5, 5.41) is 0. The highest BCUT2D eigenvalue weighted by Crippen LogP contribution is 2.23. The quantitative estimate of drug-likeness (QED) is 0.0941. The Kier molecular flexibility index (Phi) is 16.7. The lowest BCUT2D eigenvalue weighted by Crippen LogP contribution is -2.04. The van der Waals surface area contributed by atoms with Crippen molar-refractivity contribution >= 4 is 12.2 Å². The Morgan fingerprint density at radius 1 is 0.939 bits per heavy atom. The van der Waals surface area contributed by atoms with Crippen LogP contribution in [0, 0.1) is 0 Å². The molecular formula is C28H45NO4. The molecule has 1 rings (SSSR count). The Morgan fingerprint density at radius 2 is 1.70 bits per heavy atom. The molecule has 1 unspecified atom stereocenters. The number of carbonyl (C=O) groups is 1. The van der Waals surface area contributed by atoms with Gasteiger partial charge < -0.3 is 14.2 Å². The van der Waals surface area contributed by atoms with Crippen LogP contribution < -0.4 is 9.47 Å². The maximum absolute atomic E-state index is 11.1. The molecule has 0 aliphatic rings. The third-order valence-electron chi connectivity index (χ3n) is 5.81. The molecule has 186 valence electrons. The molecule has 0 aliphatic carbocycles. The number of nitrogens with zero attached hydrogens (tertiary/aromatic N) is 1. The molecule has 5 heteroatoms. The molecule has 0 spiro atoms. The van der Waals surface area contributed by atoms with Crippen molar-refractivity contribution < 1.29 is 19.0 Å². The maximum atomic E-state index is 11.1. The van der Waals surface area contributed by atoms with Gasteiger partial charge in [-0.2, -0.15) is 0 Å². The molecule has 1 aromatic carbocycles. The van der Waals surface area contributed by atoms with Crippen molar-refractivity contribution in [1.29, 1.82) is 0 Å². The summed E-state index contributed by atoms with van der Waals surface area (Å²) in [6.45, 7) is 2.24. The maximum Gasteiger partial charge on any atom is 0.305 e. The number of ether oxygens (including phenoxy) is 3. The lowest BCUT2D eigenvalue weighted by Gasteiger charge is -2.11. The summed E-state index contributed by atoms with van der Waals surface area (Å²) in [6, 6.07) is 6.13. The van der Waals surface area contributed by atoms with Crippen LogP contribution in [0.15, 0.2) is 35.3 Å². The number of methoxy groups -OCH3 is 3. The first-order chi connectivity index (χ1) is 16.1. The van der Waals surface area contributed by atoms with Gasteiger partial charge in [0.1, 0.15) is 11.5 Å². The SMILES string of the molecule is CCCCCCC(C/C=C\CCCCCCCC(=O)OC)N=Cc1ccc(OC)cc1OC. The second-order valence-electron chi connectivity index (χ2n) is 8.48. The zero-order valence-electron chi connectivity index (χ0n) is 21.3. The van der Waals surface area contributed by atoms with Crippen LogP contribution in [0.25, 0.3) is 0 Å². The molecule has 0 heterocycles. The van der Waals surface area contributed by atoms with Gasteiger partial charge >= 0.3 is 5.97 Å². The second kappa shape index (κ2) is 19.2. The Morgan fingerprint density at radius 3 is 2.42 bits per heavy atom. The minimum atomic E-state index is -0.102. The minimum absolute atomic E-state index is 0.102. The molecule has 0 aliphatic heterocycles. The van der Waals surface area contributed by atoms with E-state index < -0.39 is 0 Å². The number of allylic oxidation sites excluding steroid dienone is 1. The number of carbonyl (C=O) groups excluding carboxylic acids is 1. The number of unbranched alkanes of at least 4 members (excludes halogenated alkanes) is 8. The Balaban J connectivity index is 2.46. The predicted molar refractivity (Wildman–Crippen MR) is 138 cm³/mol. The van der Waals surface area contributed by atoms with Crippen LogP contribution in [0.4, 0.5) is 0 Å². The predicted octanol–water partition coefficient (Wildman–Crippen LogP) is 7.31. The first-order valence-electron chi connectivity index (χ1n) is 12.6. The van der Waals surface area contributed by atoms with Gasteiger partial charge in [-0.15, -0.1) is 0 Å². The van der Waals surface area contributed by atoms with E-state index in [1.807, 2.05) is 24.4 Å². The van der Waals surface area contributed by atoms with Gasteiger partial charge in [0, 0.05) is 24.3 Å². The monoisotopic (exact) mass is 459 g/mol. The van der Waals surface area contributed by atoms with Crippen molar-refractivity contribution in [1.82, 2.24) is 0 Å². The Bertz CT molecular complexity index is 699. The highest BCUT2D eigenvalue weighted by molar-refractivity contribution is 5.84. The van der Waals surface area contributed by atoms with E-state index in [-0.39, 0.29) is 5.97 Å². The van der Waals surface area contributed by atoms with Gasteiger partial charge in [-0.1, -0.05) is 64.0 Å². The van der Waals surface area contributed by atoms with Gasteiger partial charge in [-0.05, 0) is 44.2 Å². The van der Waals surface area contributed by atoms with Crippen molar-refractivity contribution in [2.24, 2.45) is 4.99 Å². The lowest BCUT2D eigenvalue weighted by atomic mass is 10.0. The minimum Gasteiger partial charge on any atom is -0.497 e. The molecule has 0 saturated heterocycles. The van der Waals surface area contributed by atoms with E-state index in [0.29, 0.717) is 12.5 Å². The fourth-order valence-electron chi connectivity index (χ4n) is 3.71. The zero-order chi connectivity index (χ0) is 24.2. The van der Waals surface area contributed by atoms with E-state index in [2.05, 4.69) is 23.8 Å². The first kappa shape index (κ1) is 28.7. The first-order valence-corrected chi connectivity index (χ1v) is 12.6. The van der Waals surface area contributed by atoms with Crippen molar-refractivity contribution in [3.05, 3.63) is 35.9 Å². The Labute approximate surface area is 201 Å². The standard InChI is InChI=1S/C28H45NO4/c1-5-6-7-14-17-25(29-23-24-20-21-26(31-2)22-27(24)32-3)18-15-12-10-8-9-11-13-16-19-28(30)33-4/h12,15,20-23,25H,5-11,13-14,16-19H2,1-4H3/b15-12-,29-23?. The Hall–Kier alpha value is -2.30. The van der Waals surface area contributed by atoms with E-state index in [1.165, 1.54) is 52.1 Å². The molecule has 5 nitrogen and oxygen atoms in total. The van der Waals surface area contributed by atoms with Crippen molar-refractivity contribution in [2.45, 2.75) is 96.4 Å². The summed E-state index contributed by atoms with van der Waals surface area (Å²) in [7, 11) is 4.79. The fourth-order valence-corrected chi connectivity index (χ4v) is 3.71. The van der Waals surface area contributed by atoms with Gasteiger partial charge in [0.2, 0.25) is 0 Å². The van der Waals surface area contributed by atoms with E-state index in [9.17, 15) is 4.79 Å². The van der Waals surface area contributed by atoms with Gasteiger partial charge in [-0.3, -0.25) is 9.79 Å². The van der Waals surface area contributed by atoms with Gasteiger partial charge in [0.15, 0.2) is 0 Å². The largest absolute Gasteiger partial charge is 0.497 e. The van der Waals surface area contributed by atoms with Crippen LogP contribution in [-0.2, 0) is 9.53 Å². The van der Waals surface area contributed by atoms with Gasteiger partial charge in [0.25, 0.3) is 0 Å². The molecule has 0 aromatic heterocycles. The molecule has 0 fully saturated rings. The zero-order valence-corrected chi connectivity index (χ0v) is 21.3. The summed E-state index contributed by atoms with van der Waals surface area (Å²) >= 11 is 0. The number of hydrogen-bond donors (Lipinski definition) is 0. The molecule has 1 aromatic rings. The summed E-state index contributed by atoms with van der Waals surface area (Å²) in [5.74, 6) is 1.46. The van der Waals surface area contributed by atoms with Crippen molar-refractivity contribution in [3.63, 3.8) is 0 Å². The number of hydrogen-bond acceptors (Lipinski definition) is 5. The molecule has 0 amide bonds. The summed E-state index contributed by atoms with van der Waals surface area (Å²) in [4.78, 5) is 16.0. The summed E-state index contributed by atoms with van der Waals surface area (Å²) < 4.78 is 15.5. The molecule has 33 heavy (non-hydrogen) atoms. The van der Waals surface area contributed by atoms with Crippen LogP contribution in [0.2, 0.25) is 0 Å². The molecule has 0 saturated carbocycles. The average Bonchev–Trinajstić information content (AvgIpc) is 2.85.